The predicted octanol–water partition coefficient (Wildman–Crippen LogP) is 19.6. The van der Waals surface area contributed by atoms with E-state index in [0.29, 0.717) is 44.2 Å². The van der Waals surface area contributed by atoms with E-state index in [4.69, 9.17) is 0 Å². The molecule has 0 heterocycles. The fourth-order valence-electron chi connectivity index (χ4n) is 10.5. The van der Waals surface area contributed by atoms with E-state index in [0.717, 1.165) is 79.2 Å². The van der Waals surface area contributed by atoms with Crippen LogP contribution in [0.15, 0.2) is 218 Å². The summed E-state index contributed by atoms with van der Waals surface area (Å²) in [7, 11) is 0. The first-order chi connectivity index (χ1) is 36.0. The molecule has 0 amide bonds. The van der Waals surface area contributed by atoms with Crippen LogP contribution in [0.1, 0.15) is 0 Å². The van der Waals surface area contributed by atoms with Gasteiger partial charge in [0, 0.05) is 46.5 Å². The molecule has 74 heavy (non-hydrogen) atoms. The molecule has 12 aromatic carbocycles. The minimum absolute atomic E-state index is 0.174. The van der Waals surface area contributed by atoms with Crippen LogP contribution in [-0.2, 0) is 0 Å². The number of halogens is 8. The number of rotatable bonds is 8. The van der Waals surface area contributed by atoms with Crippen molar-refractivity contribution in [3.05, 3.63) is 265 Å². The monoisotopic (exact) mass is 980 g/mol. The van der Waals surface area contributed by atoms with Crippen molar-refractivity contribution in [2.75, 3.05) is 0 Å². The molecule has 0 atom stereocenters. The minimum atomic E-state index is -0.751. The average molecular weight is 981 g/mol. The number of hydrogen-bond donors (Lipinski definition) is 0. The third-order valence-corrected chi connectivity index (χ3v) is 13.8. The lowest BCUT2D eigenvalue weighted by atomic mass is 9.76. The lowest BCUT2D eigenvalue weighted by Crippen LogP contribution is -1.99. The molecule has 0 saturated heterocycles. The van der Waals surface area contributed by atoms with E-state index in [1.165, 1.54) is 48.5 Å². The van der Waals surface area contributed by atoms with Gasteiger partial charge < -0.3 is 0 Å². The molecule has 0 aliphatic carbocycles. The van der Waals surface area contributed by atoms with E-state index in [-0.39, 0.29) is 22.3 Å². The van der Waals surface area contributed by atoms with E-state index in [1.54, 1.807) is 36.4 Å². The van der Waals surface area contributed by atoms with Gasteiger partial charge in [0.05, 0.1) is 0 Å². The van der Waals surface area contributed by atoms with Gasteiger partial charge in [0.1, 0.15) is 46.5 Å². The normalized spacial score (nSPS) is 11.5. The highest BCUT2D eigenvalue weighted by Crippen LogP contribution is 2.55. The van der Waals surface area contributed by atoms with E-state index < -0.39 is 46.5 Å². The zero-order valence-electron chi connectivity index (χ0n) is 38.8. The summed E-state index contributed by atoms with van der Waals surface area (Å²) in [6, 6.07) is 59.0. The molecule has 0 nitrogen and oxygen atoms in total. The largest absolute Gasteiger partial charge is 0.207 e. The molecule has 0 aliphatic heterocycles. The highest BCUT2D eigenvalue weighted by atomic mass is 19.2. The van der Waals surface area contributed by atoms with Gasteiger partial charge in [0.2, 0.25) is 0 Å². The molecule has 12 aromatic rings. The highest BCUT2D eigenvalue weighted by Gasteiger charge is 2.28. The van der Waals surface area contributed by atoms with Crippen molar-refractivity contribution in [2.45, 2.75) is 0 Å². The van der Waals surface area contributed by atoms with Crippen LogP contribution in [0.5, 0.6) is 0 Å². The summed E-state index contributed by atoms with van der Waals surface area (Å²) in [4.78, 5) is 0. The van der Waals surface area contributed by atoms with Crippen LogP contribution in [0.2, 0.25) is 0 Å². The summed E-state index contributed by atoms with van der Waals surface area (Å²) in [5.41, 5.74) is 8.59. The van der Waals surface area contributed by atoms with Crippen LogP contribution in [0.3, 0.4) is 0 Å². The maximum Gasteiger partial charge on any atom is 0.133 e. The van der Waals surface area contributed by atoms with E-state index >= 15 is 17.6 Å². The Morgan fingerprint density at radius 3 is 0.757 bits per heavy atom. The van der Waals surface area contributed by atoms with E-state index in [2.05, 4.69) is 0 Å². The highest BCUT2D eigenvalue weighted by molar-refractivity contribution is 6.34. The van der Waals surface area contributed by atoms with Crippen LogP contribution in [0.4, 0.5) is 35.1 Å². The maximum absolute atomic E-state index is 15.9. The summed E-state index contributed by atoms with van der Waals surface area (Å²) >= 11 is 0. The zero-order valence-corrected chi connectivity index (χ0v) is 38.8. The van der Waals surface area contributed by atoms with Crippen molar-refractivity contribution in [3.63, 3.8) is 0 Å². The Balaban J connectivity index is 1.30. The van der Waals surface area contributed by atoms with Crippen molar-refractivity contribution < 1.29 is 35.1 Å². The summed E-state index contributed by atoms with van der Waals surface area (Å²) in [5.74, 6) is -5.83. The van der Waals surface area contributed by atoms with Crippen LogP contribution >= 0.6 is 0 Å². The molecule has 356 valence electrons. The van der Waals surface area contributed by atoms with E-state index in [9.17, 15) is 17.6 Å². The molecule has 0 N–H and O–H groups in total. The van der Waals surface area contributed by atoms with Crippen molar-refractivity contribution in [1.29, 1.82) is 0 Å². The fourth-order valence-corrected chi connectivity index (χ4v) is 10.5. The molecule has 8 heteroatoms. The Hall–Kier alpha value is -9.14. The van der Waals surface area contributed by atoms with Crippen LogP contribution < -0.4 is 0 Å². The molecule has 0 spiro atoms. The lowest BCUT2D eigenvalue weighted by molar-refractivity contribution is 0.585. The number of fused-ring (bicyclic) bond motifs is 3. The lowest BCUT2D eigenvalue weighted by Gasteiger charge is -2.26. The van der Waals surface area contributed by atoms with E-state index in [1.807, 2.05) is 109 Å². The Morgan fingerprint density at radius 2 is 0.446 bits per heavy atom. The summed E-state index contributed by atoms with van der Waals surface area (Å²) in [6.07, 6.45) is 0. The molecular weight excluding hydrogens is 945 g/mol. The molecule has 12 rings (SSSR count). The van der Waals surface area contributed by atoms with Crippen molar-refractivity contribution in [3.8, 4) is 89.0 Å². The van der Waals surface area contributed by atoms with Gasteiger partial charge in [-0.15, -0.1) is 0 Å². The van der Waals surface area contributed by atoms with Gasteiger partial charge in [-0.05, 0) is 160 Å². The summed E-state index contributed by atoms with van der Waals surface area (Å²) < 4.78 is 120. The second kappa shape index (κ2) is 18.5. The number of benzene rings is 12. The Kier molecular flexibility index (Phi) is 11.5. The molecule has 0 aliphatic rings. The molecule has 0 radical (unpaired) electrons. The van der Waals surface area contributed by atoms with Gasteiger partial charge in [-0.1, -0.05) is 133 Å². The molecular formula is C66H36F8. The van der Waals surface area contributed by atoms with Gasteiger partial charge in [0.25, 0.3) is 0 Å². The van der Waals surface area contributed by atoms with Gasteiger partial charge in [-0.3, -0.25) is 0 Å². The smallest absolute Gasteiger partial charge is 0.133 e. The Bertz CT molecular complexity index is 3920. The van der Waals surface area contributed by atoms with Crippen molar-refractivity contribution in [2.24, 2.45) is 0 Å². The standard InChI is InChI=1S/C66H36F8/c67-45-21-27-49(57(71)33-45)37-11-15-41(16-12-37)61-54-26-20-44(52-30-24-48(70)36-60(52)74)32-56(54)64(40-9-5-2-6-10-40)66-62(42-17-13-38(14-18-42)50-28-22-46(68)34-58(50)72)53-25-19-43(51-29-23-47(69)35-59(51)73)31-55(53)63(65(61)66)39-7-3-1-4-8-39/h1-36H. The van der Waals surface area contributed by atoms with Crippen molar-refractivity contribution >= 4 is 32.3 Å². The second-order valence-electron chi connectivity index (χ2n) is 18.2. The van der Waals surface area contributed by atoms with Crippen molar-refractivity contribution in [1.82, 2.24) is 0 Å². The van der Waals surface area contributed by atoms with Crippen LogP contribution in [-0.4, -0.2) is 0 Å². The average Bonchev–Trinajstić information content (AvgIpc) is 3.40. The first-order valence-corrected chi connectivity index (χ1v) is 23.7. The molecule has 0 fully saturated rings. The first-order valence-electron chi connectivity index (χ1n) is 23.7. The quantitative estimate of drug-likeness (QED) is 0.105. The Morgan fingerprint density at radius 1 is 0.189 bits per heavy atom. The SMILES string of the molecule is Fc1ccc(-c2ccc(-c3c4ccc(-c5ccc(F)cc5F)cc4c(-c4ccccc4)c4c(-c5ccc(-c6ccc(F)cc6F)cc5)c5ccc(-c6ccc(F)cc6F)cc5c(-c5ccccc5)c34)cc2)c(F)c1. The van der Waals surface area contributed by atoms with Gasteiger partial charge in [-0.2, -0.15) is 0 Å². The zero-order chi connectivity index (χ0) is 50.8. The molecule has 0 saturated carbocycles. The fraction of sp³-hybridized carbons (Fsp3) is 0. The minimum Gasteiger partial charge on any atom is -0.207 e. The van der Waals surface area contributed by atoms with Gasteiger partial charge in [0.15, 0.2) is 0 Å². The molecule has 0 bridgehead atoms. The summed E-state index contributed by atoms with van der Waals surface area (Å²) in [6.45, 7) is 0. The maximum atomic E-state index is 15.9. The van der Waals surface area contributed by atoms with Crippen LogP contribution in [0.25, 0.3) is 121 Å². The predicted molar refractivity (Wildman–Crippen MR) is 282 cm³/mol. The molecule has 0 unspecified atom stereocenters. The third kappa shape index (κ3) is 8.05. The summed E-state index contributed by atoms with van der Waals surface area (Å²) in [5, 5.41) is 4.35. The number of hydrogen-bond acceptors (Lipinski definition) is 0. The third-order valence-electron chi connectivity index (χ3n) is 13.8. The topological polar surface area (TPSA) is 0 Å². The first kappa shape index (κ1) is 46.0. The van der Waals surface area contributed by atoms with Gasteiger partial charge in [-0.25, -0.2) is 35.1 Å². The molecule has 0 aromatic heterocycles. The van der Waals surface area contributed by atoms with Crippen LogP contribution in [0, 0.1) is 46.5 Å². The second-order valence-corrected chi connectivity index (χ2v) is 18.2. The Labute approximate surface area is 419 Å². The van der Waals surface area contributed by atoms with Gasteiger partial charge >= 0.3 is 0 Å².